The average Bonchev–Trinajstić information content (AvgIpc) is 2.37. The first-order chi connectivity index (χ1) is 8.17. The Kier molecular flexibility index (Phi) is 8.67. The molecule has 0 heterocycles. The maximum atomic E-state index is 11.3. The van der Waals surface area contributed by atoms with Crippen LogP contribution in [0.1, 0.15) is 10.4 Å². The van der Waals surface area contributed by atoms with Gasteiger partial charge in [-0.2, -0.15) is 0 Å². The number of phenols is 1. The Morgan fingerprint density at radius 1 is 1.12 bits per heavy atom. The number of carbonyl (C=O) groups excluding carboxylic acids is 1. The van der Waals surface area contributed by atoms with Crippen LogP contribution < -0.4 is 22.5 Å². The van der Waals surface area contributed by atoms with Crippen LogP contribution in [0.25, 0.3) is 0 Å². The molecule has 6 heteroatoms. The van der Waals surface area contributed by atoms with Crippen LogP contribution in [0.5, 0.6) is 5.75 Å². The number of nitrogens with two attached hydrogens (primary N) is 3. The van der Waals surface area contributed by atoms with Gasteiger partial charge in [0.2, 0.25) is 0 Å². The van der Waals surface area contributed by atoms with Gasteiger partial charge in [0.25, 0.3) is 5.91 Å². The van der Waals surface area contributed by atoms with Crippen LogP contribution in [0, 0.1) is 0 Å². The minimum absolute atomic E-state index is 0.0166. The van der Waals surface area contributed by atoms with E-state index in [4.69, 9.17) is 17.2 Å². The quantitative estimate of drug-likeness (QED) is 0.460. The third-order valence-corrected chi connectivity index (χ3v) is 1.75. The van der Waals surface area contributed by atoms with Crippen molar-refractivity contribution in [1.82, 2.24) is 5.32 Å². The first kappa shape index (κ1) is 15.4. The predicted molar refractivity (Wildman–Crippen MR) is 67.6 cm³/mol. The van der Waals surface area contributed by atoms with Gasteiger partial charge in [-0.25, -0.2) is 0 Å². The van der Waals surface area contributed by atoms with E-state index in [9.17, 15) is 9.90 Å². The molecule has 17 heavy (non-hydrogen) atoms. The second-order valence-corrected chi connectivity index (χ2v) is 3.14. The molecule has 0 saturated carbocycles. The number of benzene rings is 1. The third-order valence-electron chi connectivity index (χ3n) is 1.75. The smallest absolute Gasteiger partial charge is 0.255 e. The number of rotatable bonds is 4. The molecule has 6 nitrogen and oxygen atoms in total. The summed E-state index contributed by atoms with van der Waals surface area (Å²) in [6, 6.07) is 6.38. The van der Waals surface area contributed by atoms with Gasteiger partial charge < -0.3 is 27.6 Å². The van der Waals surface area contributed by atoms with Crippen LogP contribution in [-0.4, -0.2) is 37.2 Å². The van der Waals surface area contributed by atoms with Gasteiger partial charge >= 0.3 is 0 Å². The largest absolute Gasteiger partial charge is 0.507 e. The average molecular weight is 240 g/mol. The summed E-state index contributed by atoms with van der Waals surface area (Å²) in [6.45, 7) is 1.99. The summed E-state index contributed by atoms with van der Waals surface area (Å²) in [7, 11) is 0. The Morgan fingerprint density at radius 3 is 2.18 bits per heavy atom. The van der Waals surface area contributed by atoms with Gasteiger partial charge in [0.05, 0.1) is 5.56 Å². The molecule has 0 atom stereocenters. The molecule has 0 unspecified atom stereocenters. The molecule has 1 rings (SSSR count). The molecule has 0 radical (unpaired) electrons. The number of para-hydroxylation sites is 1. The van der Waals surface area contributed by atoms with Crippen molar-refractivity contribution in [1.29, 1.82) is 0 Å². The van der Waals surface area contributed by atoms with E-state index in [2.05, 4.69) is 5.32 Å². The minimum atomic E-state index is -0.302. The summed E-state index contributed by atoms with van der Waals surface area (Å²) in [5.41, 5.74) is 15.3. The van der Waals surface area contributed by atoms with E-state index < -0.39 is 0 Å². The number of phenolic OH excluding ortho intramolecular Hbond substituents is 1. The Balaban J connectivity index is 0.000000557. The molecule has 0 aliphatic heterocycles. The lowest BCUT2D eigenvalue weighted by Gasteiger charge is -2.04. The summed E-state index contributed by atoms with van der Waals surface area (Å²) < 4.78 is 0. The SMILES string of the molecule is NCCN.NCCNC(=O)c1ccccc1O. The summed E-state index contributed by atoms with van der Waals surface area (Å²) in [6.07, 6.45) is 0. The van der Waals surface area contributed by atoms with Crippen molar-refractivity contribution >= 4 is 5.91 Å². The Hall–Kier alpha value is -1.63. The number of nitrogens with one attached hydrogen (secondary N) is 1. The molecule has 0 aliphatic carbocycles. The van der Waals surface area contributed by atoms with E-state index in [1.54, 1.807) is 18.2 Å². The first-order valence-corrected chi connectivity index (χ1v) is 5.33. The highest BCUT2D eigenvalue weighted by Gasteiger charge is 2.07. The highest BCUT2D eigenvalue weighted by molar-refractivity contribution is 5.96. The van der Waals surface area contributed by atoms with E-state index in [1.807, 2.05) is 0 Å². The lowest BCUT2D eigenvalue weighted by Crippen LogP contribution is -2.28. The lowest BCUT2D eigenvalue weighted by atomic mass is 10.2. The molecule has 8 N–H and O–H groups in total. The summed E-state index contributed by atoms with van der Waals surface area (Å²) in [5.74, 6) is -0.319. The fourth-order valence-electron chi connectivity index (χ4n) is 0.947. The molecule has 96 valence electrons. The van der Waals surface area contributed by atoms with Crippen molar-refractivity contribution < 1.29 is 9.90 Å². The second kappa shape index (κ2) is 9.59. The monoisotopic (exact) mass is 240 g/mol. The normalized spacial score (nSPS) is 9.12. The zero-order valence-electron chi connectivity index (χ0n) is 9.73. The van der Waals surface area contributed by atoms with Crippen LogP contribution in [0.2, 0.25) is 0 Å². The van der Waals surface area contributed by atoms with Gasteiger partial charge in [-0.15, -0.1) is 0 Å². The van der Waals surface area contributed by atoms with Crippen LogP contribution in [-0.2, 0) is 0 Å². The van der Waals surface area contributed by atoms with E-state index in [-0.39, 0.29) is 17.2 Å². The number of carbonyl (C=O) groups is 1. The van der Waals surface area contributed by atoms with Gasteiger partial charge in [0.15, 0.2) is 0 Å². The van der Waals surface area contributed by atoms with Gasteiger partial charge in [-0.05, 0) is 12.1 Å². The maximum absolute atomic E-state index is 11.3. The van der Waals surface area contributed by atoms with Crippen molar-refractivity contribution in [2.45, 2.75) is 0 Å². The third kappa shape index (κ3) is 6.52. The van der Waals surface area contributed by atoms with Crippen molar-refractivity contribution in [2.24, 2.45) is 17.2 Å². The standard InChI is InChI=1S/C9H12N2O2.C2H8N2/c10-5-6-11-9(13)7-3-1-2-4-8(7)12;3-1-2-4/h1-4,12H,5-6,10H2,(H,11,13);1-4H2. The minimum Gasteiger partial charge on any atom is -0.507 e. The van der Waals surface area contributed by atoms with E-state index in [0.29, 0.717) is 26.2 Å². The van der Waals surface area contributed by atoms with Crippen LogP contribution in [0.4, 0.5) is 0 Å². The summed E-state index contributed by atoms with van der Waals surface area (Å²) >= 11 is 0. The zero-order chi connectivity index (χ0) is 13.1. The topological polar surface area (TPSA) is 127 Å². The Labute approximate surface area is 101 Å². The first-order valence-electron chi connectivity index (χ1n) is 5.33. The highest BCUT2D eigenvalue weighted by Crippen LogP contribution is 2.14. The van der Waals surface area contributed by atoms with Crippen molar-refractivity contribution in [3.63, 3.8) is 0 Å². The molecule has 0 spiro atoms. The molecule has 1 aromatic carbocycles. The number of hydrogen-bond acceptors (Lipinski definition) is 5. The van der Waals surface area contributed by atoms with Crippen LogP contribution in [0.3, 0.4) is 0 Å². The Morgan fingerprint density at radius 2 is 1.71 bits per heavy atom. The van der Waals surface area contributed by atoms with Gasteiger partial charge in [0, 0.05) is 26.2 Å². The van der Waals surface area contributed by atoms with Crippen molar-refractivity contribution in [2.75, 3.05) is 26.2 Å². The molecular formula is C11H20N4O2. The summed E-state index contributed by atoms with van der Waals surface area (Å²) in [5, 5.41) is 11.9. The fraction of sp³-hybridized carbons (Fsp3) is 0.364. The zero-order valence-corrected chi connectivity index (χ0v) is 9.73. The lowest BCUT2D eigenvalue weighted by molar-refractivity contribution is 0.0952. The Bertz CT molecular complexity index is 329. The van der Waals surface area contributed by atoms with Crippen LogP contribution >= 0.6 is 0 Å². The van der Waals surface area contributed by atoms with Crippen molar-refractivity contribution in [3.05, 3.63) is 29.8 Å². The van der Waals surface area contributed by atoms with Gasteiger partial charge in [-0.3, -0.25) is 4.79 Å². The predicted octanol–water partition coefficient (Wildman–Crippen LogP) is -1.02. The van der Waals surface area contributed by atoms with Crippen LogP contribution in [0.15, 0.2) is 24.3 Å². The van der Waals surface area contributed by atoms with E-state index in [1.165, 1.54) is 6.07 Å². The van der Waals surface area contributed by atoms with Gasteiger partial charge in [-0.1, -0.05) is 12.1 Å². The summed E-state index contributed by atoms with van der Waals surface area (Å²) in [4.78, 5) is 11.3. The maximum Gasteiger partial charge on any atom is 0.255 e. The molecular weight excluding hydrogens is 220 g/mol. The molecule has 1 amide bonds. The van der Waals surface area contributed by atoms with E-state index in [0.717, 1.165) is 0 Å². The molecule has 0 aliphatic rings. The van der Waals surface area contributed by atoms with Gasteiger partial charge in [0.1, 0.15) is 5.75 Å². The molecule has 1 aromatic rings. The highest BCUT2D eigenvalue weighted by atomic mass is 16.3. The fourth-order valence-corrected chi connectivity index (χ4v) is 0.947. The molecule has 0 fully saturated rings. The van der Waals surface area contributed by atoms with E-state index >= 15 is 0 Å². The molecule has 0 bridgehead atoms. The molecule has 0 saturated heterocycles. The number of hydrogen-bond donors (Lipinski definition) is 5. The number of aromatic hydroxyl groups is 1. The number of amides is 1. The second-order valence-electron chi connectivity index (χ2n) is 3.14. The molecule has 0 aromatic heterocycles. The van der Waals surface area contributed by atoms with Crippen molar-refractivity contribution in [3.8, 4) is 5.75 Å².